The number of hydrogen-bond donors (Lipinski definition) is 0. The van der Waals surface area contributed by atoms with Crippen LogP contribution in [-0.2, 0) is 4.79 Å². The molecule has 31 heavy (non-hydrogen) atoms. The fourth-order valence-corrected chi connectivity index (χ4v) is 7.66. The van der Waals surface area contributed by atoms with Gasteiger partial charge in [-0.25, -0.2) is 9.97 Å². The van der Waals surface area contributed by atoms with E-state index in [0.717, 1.165) is 17.9 Å². The molecule has 3 saturated carbocycles. The van der Waals surface area contributed by atoms with Gasteiger partial charge in [0.2, 0.25) is 5.91 Å². The molecule has 0 saturated heterocycles. The van der Waals surface area contributed by atoms with Crippen molar-refractivity contribution in [2.24, 2.45) is 28.6 Å². The largest absolute Gasteiger partial charge is 0.464 e. The standard InChI is InChI=1S/C26H35N3O2/c1-5-31-24-27-15-17(16-28-24)13-18-14-19-20-7-6-10-25(20,2)11-8-21(19)26(3)12-9-22(30)29(4)23(18)26/h9,12-13,15-16,19-21,23H,5-8,10-11,14H2,1-4H3/t19-,20-,21-,23+,25-,26+/m0/s1. The smallest absolute Gasteiger partial charge is 0.316 e. The fraction of sp³-hybridized carbons (Fsp3) is 0.654. The lowest BCUT2D eigenvalue weighted by molar-refractivity contribution is -0.133. The highest BCUT2D eigenvalue weighted by molar-refractivity contribution is 5.89. The number of carbonyl (C=O) groups excluding carboxylic acids is 1. The van der Waals surface area contributed by atoms with Gasteiger partial charge in [0, 0.05) is 30.4 Å². The lowest BCUT2D eigenvalue weighted by Gasteiger charge is -2.60. The second-order valence-corrected chi connectivity index (χ2v) is 10.7. The van der Waals surface area contributed by atoms with Crippen LogP contribution in [0.3, 0.4) is 0 Å². The number of amides is 1. The maximum atomic E-state index is 12.7. The molecule has 1 aromatic rings. The molecule has 0 N–H and O–H groups in total. The van der Waals surface area contributed by atoms with Gasteiger partial charge in [-0.2, -0.15) is 0 Å². The summed E-state index contributed by atoms with van der Waals surface area (Å²) in [5, 5.41) is 0. The Hall–Kier alpha value is -2.17. The van der Waals surface area contributed by atoms with Crippen LogP contribution in [0.2, 0.25) is 0 Å². The van der Waals surface area contributed by atoms with Crippen molar-refractivity contribution in [3.8, 4) is 6.01 Å². The van der Waals surface area contributed by atoms with Crippen molar-refractivity contribution in [3.05, 3.63) is 35.7 Å². The Labute approximate surface area is 186 Å². The summed E-state index contributed by atoms with van der Waals surface area (Å²) in [4.78, 5) is 23.4. The number of nitrogens with zero attached hydrogens (tertiary/aromatic N) is 3. The first-order valence-corrected chi connectivity index (χ1v) is 12.0. The fourth-order valence-electron chi connectivity index (χ4n) is 7.66. The summed E-state index contributed by atoms with van der Waals surface area (Å²) < 4.78 is 5.41. The van der Waals surface area contributed by atoms with E-state index in [1.807, 2.05) is 37.3 Å². The molecule has 6 atom stereocenters. The van der Waals surface area contributed by atoms with E-state index < -0.39 is 0 Å². The molecule has 5 nitrogen and oxygen atoms in total. The summed E-state index contributed by atoms with van der Waals surface area (Å²) in [7, 11) is 1.97. The summed E-state index contributed by atoms with van der Waals surface area (Å²) >= 11 is 0. The van der Waals surface area contributed by atoms with E-state index in [0.29, 0.717) is 29.9 Å². The summed E-state index contributed by atoms with van der Waals surface area (Å²) in [6, 6.07) is 0.517. The van der Waals surface area contributed by atoms with Gasteiger partial charge in [-0.15, -0.1) is 0 Å². The van der Waals surface area contributed by atoms with E-state index in [2.05, 4.69) is 36.0 Å². The highest BCUT2D eigenvalue weighted by Crippen LogP contribution is 2.64. The van der Waals surface area contributed by atoms with Gasteiger partial charge in [-0.1, -0.05) is 32.4 Å². The normalized spacial score (nSPS) is 40.5. The Morgan fingerprint density at radius 3 is 2.71 bits per heavy atom. The maximum Gasteiger partial charge on any atom is 0.316 e. The Kier molecular flexibility index (Phi) is 4.98. The van der Waals surface area contributed by atoms with Gasteiger partial charge in [-0.05, 0) is 73.8 Å². The number of ether oxygens (including phenoxy) is 1. The molecule has 166 valence electrons. The molecule has 0 bridgehead atoms. The molecule has 0 radical (unpaired) electrons. The van der Waals surface area contributed by atoms with Crippen molar-refractivity contribution in [1.82, 2.24) is 14.9 Å². The quantitative estimate of drug-likeness (QED) is 0.697. The van der Waals surface area contributed by atoms with Gasteiger partial charge >= 0.3 is 6.01 Å². The molecule has 1 amide bonds. The Balaban J connectivity index is 1.56. The molecule has 0 spiro atoms. The van der Waals surface area contributed by atoms with E-state index in [1.165, 1.54) is 37.7 Å². The first-order valence-electron chi connectivity index (χ1n) is 12.0. The average molecular weight is 422 g/mol. The minimum absolute atomic E-state index is 0.0204. The molecule has 1 aliphatic heterocycles. The lowest BCUT2D eigenvalue weighted by Crippen LogP contribution is -2.60. The van der Waals surface area contributed by atoms with Gasteiger partial charge in [0.1, 0.15) is 0 Å². The van der Waals surface area contributed by atoms with Crippen molar-refractivity contribution < 1.29 is 9.53 Å². The van der Waals surface area contributed by atoms with E-state index >= 15 is 0 Å². The molecule has 5 heteroatoms. The van der Waals surface area contributed by atoms with Crippen LogP contribution in [0, 0.1) is 28.6 Å². The first kappa shape index (κ1) is 20.7. The zero-order valence-corrected chi connectivity index (χ0v) is 19.3. The number of fused-ring (bicyclic) bond motifs is 5. The highest BCUT2D eigenvalue weighted by Gasteiger charge is 2.59. The number of carbonyl (C=O) groups is 1. The van der Waals surface area contributed by atoms with Gasteiger partial charge in [-0.3, -0.25) is 4.79 Å². The molecule has 5 rings (SSSR count). The third-order valence-electron chi connectivity index (χ3n) is 9.02. The SMILES string of the molecule is CCOc1ncc(C=C2C[C@H]3[C@@H]4CCC[C@@]4(C)CC[C@@H]3[C@@]3(C)C=CC(=O)N(C)[C@H]23)cn1. The minimum Gasteiger partial charge on any atom is -0.464 e. The van der Waals surface area contributed by atoms with Gasteiger partial charge in [0.15, 0.2) is 0 Å². The summed E-state index contributed by atoms with van der Waals surface area (Å²) in [6.45, 7) is 7.42. The van der Waals surface area contributed by atoms with Crippen LogP contribution in [0.25, 0.3) is 6.08 Å². The van der Waals surface area contributed by atoms with Crippen LogP contribution in [0.1, 0.15) is 64.9 Å². The van der Waals surface area contributed by atoms with Crippen molar-refractivity contribution in [2.75, 3.05) is 13.7 Å². The summed E-state index contributed by atoms with van der Waals surface area (Å²) in [5.41, 5.74) is 2.82. The zero-order valence-electron chi connectivity index (χ0n) is 19.3. The molecular weight excluding hydrogens is 386 g/mol. The average Bonchev–Trinajstić information content (AvgIpc) is 3.15. The molecule has 2 heterocycles. The van der Waals surface area contributed by atoms with E-state index in [1.54, 1.807) is 0 Å². The van der Waals surface area contributed by atoms with E-state index in [9.17, 15) is 4.79 Å². The van der Waals surface area contributed by atoms with Crippen LogP contribution in [0.4, 0.5) is 0 Å². The van der Waals surface area contributed by atoms with Crippen molar-refractivity contribution in [3.63, 3.8) is 0 Å². The van der Waals surface area contributed by atoms with Crippen LogP contribution in [0.5, 0.6) is 6.01 Å². The van der Waals surface area contributed by atoms with Crippen LogP contribution < -0.4 is 4.74 Å². The van der Waals surface area contributed by atoms with Gasteiger partial charge in [0.25, 0.3) is 0 Å². The third kappa shape index (κ3) is 3.23. The maximum absolute atomic E-state index is 12.7. The number of rotatable bonds is 3. The molecule has 1 aromatic heterocycles. The Bertz CT molecular complexity index is 923. The summed E-state index contributed by atoms with van der Waals surface area (Å²) in [6.07, 6.45) is 17.8. The highest BCUT2D eigenvalue weighted by atomic mass is 16.5. The second-order valence-electron chi connectivity index (χ2n) is 10.7. The molecule has 3 fully saturated rings. The zero-order chi connectivity index (χ0) is 21.8. The van der Waals surface area contributed by atoms with E-state index in [4.69, 9.17) is 4.74 Å². The van der Waals surface area contributed by atoms with Crippen molar-refractivity contribution >= 4 is 12.0 Å². The van der Waals surface area contributed by atoms with Crippen LogP contribution >= 0.6 is 0 Å². The topological polar surface area (TPSA) is 55.3 Å². The molecule has 0 unspecified atom stereocenters. The predicted octanol–water partition coefficient (Wildman–Crippen LogP) is 4.90. The number of hydrogen-bond acceptors (Lipinski definition) is 4. The molecular formula is C26H35N3O2. The second kappa shape index (κ2) is 7.46. The lowest BCUT2D eigenvalue weighted by atomic mass is 9.47. The third-order valence-corrected chi connectivity index (χ3v) is 9.02. The minimum atomic E-state index is -0.0204. The molecule has 3 aliphatic carbocycles. The van der Waals surface area contributed by atoms with Crippen LogP contribution in [0.15, 0.2) is 30.1 Å². The van der Waals surface area contributed by atoms with Gasteiger partial charge in [0.05, 0.1) is 12.6 Å². The molecule has 4 aliphatic rings. The summed E-state index contributed by atoms with van der Waals surface area (Å²) in [5.74, 6) is 2.22. The molecule has 0 aromatic carbocycles. The van der Waals surface area contributed by atoms with Gasteiger partial charge < -0.3 is 9.64 Å². The number of likely N-dealkylation sites (N-methyl/N-ethyl adjacent to an activating group) is 1. The first-order chi connectivity index (χ1) is 14.9. The Morgan fingerprint density at radius 2 is 1.97 bits per heavy atom. The predicted molar refractivity (Wildman–Crippen MR) is 121 cm³/mol. The van der Waals surface area contributed by atoms with E-state index in [-0.39, 0.29) is 17.4 Å². The van der Waals surface area contributed by atoms with Crippen molar-refractivity contribution in [2.45, 2.75) is 65.3 Å². The number of aromatic nitrogens is 2. The Morgan fingerprint density at radius 1 is 1.19 bits per heavy atom. The van der Waals surface area contributed by atoms with Crippen LogP contribution in [-0.4, -0.2) is 40.5 Å². The van der Waals surface area contributed by atoms with Crippen molar-refractivity contribution in [1.29, 1.82) is 0 Å². The monoisotopic (exact) mass is 421 g/mol.